The Morgan fingerprint density at radius 3 is 2.35 bits per heavy atom. The third-order valence-corrected chi connectivity index (χ3v) is 7.21. The minimum atomic E-state index is -3.61. The van der Waals surface area contributed by atoms with Gasteiger partial charge < -0.3 is 4.57 Å². The Bertz CT molecular complexity index is 1020. The molecule has 0 bridgehead atoms. The predicted octanol–water partition coefficient (Wildman–Crippen LogP) is 4.35. The highest BCUT2D eigenvalue weighted by molar-refractivity contribution is 9.10. The van der Waals surface area contributed by atoms with Crippen LogP contribution in [0.2, 0.25) is 0 Å². The van der Waals surface area contributed by atoms with Crippen molar-refractivity contribution in [2.24, 2.45) is 0 Å². The molecule has 3 aromatic rings. The highest BCUT2D eigenvalue weighted by Crippen LogP contribution is 2.36. The fraction of sp³-hybridized carbons (Fsp3) is 0.200. The van der Waals surface area contributed by atoms with E-state index < -0.39 is 10.0 Å². The molecule has 4 nitrogen and oxygen atoms in total. The van der Waals surface area contributed by atoms with Gasteiger partial charge in [-0.15, -0.1) is 0 Å². The molecule has 0 aliphatic carbocycles. The molecule has 1 atom stereocenters. The van der Waals surface area contributed by atoms with E-state index in [0.29, 0.717) is 18.0 Å². The molecule has 0 amide bonds. The Morgan fingerprint density at radius 2 is 1.65 bits per heavy atom. The third kappa shape index (κ3) is 3.02. The SMILES string of the molecule is Cc1ccc([C@H]2c3cccn3CCN2S(=O)(=O)c2ccc(Br)cc2)cc1. The fourth-order valence-corrected chi connectivity index (χ4v) is 5.29. The van der Waals surface area contributed by atoms with Gasteiger partial charge in [-0.3, -0.25) is 0 Å². The number of hydrogen-bond acceptors (Lipinski definition) is 2. The fourth-order valence-electron chi connectivity index (χ4n) is 3.45. The molecule has 4 rings (SSSR count). The molecule has 1 aliphatic rings. The summed E-state index contributed by atoms with van der Waals surface area (Å²) in [6.45, 7) is 3.13. The number of halogens is 1. The Labute approximate surface area is 162 Å². The van der Waals surface area contributed by atoms with Crippen LogP contribution in [0.4, 0.5) is 0 Å². The van der Waals surface area contributed by atoms with E-state index in [1.54, 1.807) is 28.6 Å². The van der Waals surface area contributed by atoms with Crippen LogP contribution in [-0.4, -0.2) is 23.8 Å². The average Bonchev–Trinajstić information content (AvgIpc) is 3.11. The molecule has 1 aliphatic heterocycles. The van der Waals surface area contributed by atoms with Gasteiger partial charge in [-0.05, 0) is 48.9 Å². The van der Waals surface area contributed by atoms with Gasteiger partial charge in [0.2, 0.25) is 10.0 Å². The molecule has 134 valence electrons. The number of fused-ring (bicyclic) bond motifs is 1. The van der Waals surface area contributed by atoms with Crippen LogP contribution in [0, 0.1) is 6.92 Å². The van der Waals surface area contributed by atoms with Crippen molar-refractivity contribution in [3.8, 4) is 0 Å². The molecule has 0 N–H and O–H groups in total. The summed E-state index contributed by atoms with van der Waals surface area (Å²) < 4.78 is 31.4. The molecule has 0 unspecified atom stereocenters. The first-order chi connectivity index (χ1) is 12.5. The molecule has 1 aromatic heterocycles. The van der Waals surface area contributed by atoms with Crippen molar-refractivity contribution in [1.82, 2.24) is 8.87 Å². The highest BCUT2D eigenvalue weighted by Gasteiger charge is 2.37. The second kappa shape index (κ2) is 6.68. The van der Waals surface area contributed by atoms with Crippen LogP contribution in [0.15, 0.2) is 76.2 Å². The molecule has 0 spiro atoms. The summed E-state index contributed by atoms with van der Waals surface area (Å²) in [7, 11) is -3.61. The summed E-state index contributed by atoms with van der Waals surface area (Å²) in [5.41, 5.74) is 3.14. The first-order valence-electron chi connectivity index (χ1n) is 8.46. The summed E-state index contributed by atoms with van der Waals surface area (Å²) in [4.78, 5) is 0.317. The quantitative estimate of drug-likeness (QED) is 0.619. The zero-order chi connectivity index (χ0) is 18.3. The lowest BCUT2D eigenvalue weighted by molar-refractivity contribution is 0.298. The second-order valence-corrected chi connectivity index (χ2v) is 9.32. The summed E-state index contributed by atoms with van der Waals surface area (Å²) in [6, 6.07) is 18.6. The standard InChI is InChI=1S/C20H19BrN2O2S/c1-15-4-6-16(7-5-15)20-19-3-2-12-22(19)13-14-23(20)26(24,25)18-10-8-17(21)9-11-18/h2-12,20H,13-14H2,1H3/t20-/m0/s1. The van der Waals surface area contributed by atoms with E-state index in [1.807, 2.05) is 49.5 Å². The lowest BCUT2D eigenvalue weighted by Crippen LogP contribution is -2.42. The second-order valence-electron chi connectivity index (χ2n) is 6.51. The molecule has 0 saturated carbocycles. The minimum Gasteiger partial charge on any atom is -0.348 e. The van der Waals surface area contributed by atoms with Crippen LogP contribution in [0.1, 0.15) is 22.9 Å². The maximum atomic E-state index is 13.4. The lowest BCUT2D eigenvalue weighted by Gasteiger charge is -2.36. The van der Waals surface area contributed by atoms with Gasteiger partial charge in [-0.1, -0.05) is 45.8 Å². The van der Waals surface area contributed by atoms with Crippen molar-refractivity contribution in [2.75, 3.05) is 6.54 Å². The Kier molecular flexibility index (Phi) is 4.50. The summed E-state index contributed by atoms with van der Waals surface area (Å²) >= 11 is 3.37. The maximum absolute atomic E-state index is 13.4. The monoisotopic (exact) mass is 430 g/mol. The smallest absolute Gasteiger partial charge is 0.244 e. The van der Waals surface area contributed by atoms with Crippen molar-refractivity contribution in [1.29, 1.82) is 0 Å². The maximum Gasteiger partial charge on any atom is 0.244 e. The molecule has 0 saturated heterocycles. The van der Waals surface area contributed by atoms with Gasteiger partial charge in [0.15, 0.2) is 0 Å². The number of hydrogen-bond donors (Lipinski definition) is 0. The number of benzene rings is 2. The van der Waals surface area contributed by atoms with Gasteiger partial charge in [0, 0.05) is 29.5 Å². The van der Waals surface area contributed by atoms with Crippen LogP contribution in [-0.2, 0) is 16.6 Å². The molecular formula is C20H19BrN2O2S. The van der Waals surface area contributed by atoms with Crippen molar-refractivity contribution >= 4 is 26.0 Å². The van der Waals surface area contributed by atoms with E-state index in [9.17, 15) is 8.42 Å². The normalized spacial score (nSPS) is 17.8. The van der Waals surface area contributed by atoms with Gasteiger partial charge in [0.05, 0.1) is 10.9 Å². The van der Waals surface area contributed by atoms with Gasteiger partial charge in [0.25, 0.3) is 0 Å². The number of aryl methyl sites for hydroxylation is 1. The predicted molar refractivity (Wildman–Crippen MR) is 105 cm³/mol. The Balaban J connectivity index is 1.83. The van der Waals surface area contributed by atoms with Crippen LogP contribution in [0.3, 0.4) is 0 Å². The van der Waals surface area contributed by atoms with Crippen molar-refractivity contribution in [3.05, 3.63) is 88.2 Å². The van der Waals surface area contributed by atoms with Crippen molar-refractivity contribution in [3.63, 3.8) is 0 Å². The van der Waals surface area contributed by atoms with E-state index in [2.05, 4.69) is 20.5 Å². The summed E-state index contributed by atoms with van der Waals surface area (Å²) in [5.74, 6) is 0. The Hall–Kier alpha value is -1.89. The number of nitrogens with zero attached hydrogens (tertiary/aromatic N) is 2. The van der Waals surface area contributed by atoms with Crippen molar-refractivity contribution < 1.29 is 8.42 Å². The third-order valence-electron chi connectivity index (χ3n) is 4.81. The van der Waals surface area contributed by atoms with Crippen molar-refractivity contribution in [2.45, 2.75) is 24.4 Å². The first kappa shape index (κ1) is 17.5. The zero-order valence-corrected chi connectivity index (χ0v) is 16.7. The number of rotatable bonds is 3. The molecule has 0 fully saturated rings. The number of sulfonamides is 1. The zero-order valence-electron chi connectivity index (χ0n) is 14.3. The average molecular weight is 431 g/mol. The largest absolute Gasteiger partial charge is 0.348 e. The summed E-state index contributed by atoms with van der Waals surface area (Å²) in [6.07, 6.45) is 2.01. The van der Waals surface area contributed by atoms with E-state index in [0.717, 1.165) is 21.3 Å². The van der Waals surface area contributed by atoms with Gasteiger partial charge in [-0.25, -0.2) is 8.42 Å². The van der Waals surface area contributed by atoms with E-state index in [1.165, 1.54) is 0 Å². The van der Waals surface area contributed by atoms with Gasteiger partial charge >= 0.3 is 0 Å². The topological polar surface area (TPSA) is 42.3 Å². The van der Waals surface area contributed by atoms with E-state index in [-0.39, 0.29) is 6.04 Å². The first-order valence-corrected chi connectivity index (χ1v) is 10.7. The molecule has 2 aromatic carbocycles. The van der Waals surface area contributed by atoms with Crippen LogP contribution in [0.25, 0.3) is 0 Å². The molecule has 0 radical (unpaired) electrons. The minimum absolute atomic E-state index is 0.317. The van der Waals surface area contributed by atoms with Crippen LogP contribution >= 0.6 is 15.9 Å². The number of aromatic nitrogens is 1. The Morgan fingerprint density at radius 1 is 0.962 bits per heavy atom. The van der Waals surface area contributed by atoms with E-state index >= 15 is 0 Å². The van der Waals surface area contributed by atoms with E-state index in [4.69, 9.17) is 0 Å². The highest BCUT2D eigenvalue weighted by atomic mass is 79.9. The van der Waals surface area contributed by atoms with Crippen LogP contribution in [0.5, 0.6) is 0 Å². The molecule has 6 heteroatoms. The molecular weight excluding hydrogens is 412 g/mol. The lowest BCUT2D eigenvalue weighted by atomic mass is 10.0. The summed E-state index contributed by atoms with van der Waals surface area (Å²) in [5, 5.41) is 0. The molecule has 2 heterocycles. The van der Waals surface area contributed by atoms with Gasteiger partial charge in [-0.2, -0.15) is 4.31 Å². The molecule has 26 heavy (non-hydrogen) atoms. The van der Waals surface area contributed by atoms with Crippen LogP contribution < -0.4 is 0 Å². The van der Waals surface area contributed by atoms with Gasteiger partial charge in [0.1, 0.15) is 0 Å².